The number of hydrogen-bond acceptors (Lipinski definition) is 3. The van der Waals surface area contributed by atoms with Crippen LogP contribution in [0.4, 0.5) is 0 Å². The van der Waals surface area contributed by atoms with Crippen molar-refractivity contribution in [1.82, 2.24) is 14.7 Å². The highest BCUT2D eigenvalue weighted by atomic mass is 35.5. The van der Waals surface area contributed by atoms with Crippen molar-refractivity contribution in [3.63, 3.8) is 0 Å². The number of rotatable bonds is 7. The number of nitrogens with zero attached hydrogens (tertiary/aromatic N) is 3. The summed E-state index contributed by atoms with van der Waals surface area (Å²) in [5.41, 5.74) is 0.940. The molecule has 1 aromatic rings. The average molecular weight is 414 g/mol. The summed E-state index contributed by atoms with van der Waals surface area (Å²) < 4.78 is 0. The number of halogens is 2. The van der Waals surface area contributed by atoms with Gasteiger partial charge in [-0.25, -0.2) is 0 Å². The molecule has 2 rings (SSSR count). The van der Waals surface area contributed by atoms with Gasteiger partial charge < -0.3 is 9.80 Å². The lowest BCUT2D eigenvalue weighted by Gasteiger charge is -2.25. The second-order valence-corrected chi connectivity index (χ2v) is 7.66. The van der Waals surface area contributed by atoms with Gasteiger partial charge in [0.1, 0.15) is 0 Å². The van der Waals surface area contributed by atoms with Crippen LogP contribution in [0.25, 0.3) is 0 Å². The standard InChI is InChI=1S/C20H29Cl2N3O2/c1-3-24(4-2)20(27)15-23-10-5-11-25(13-12-23)19(26)9-7-16-6-8-17(21)14-18(16)22/h6,8,14H,3-5,7,9-13,15H2,1-2H3. The van der Waals surface area contributed by atoms with Crippen LogP contribution < -0.4 is 0 Å². The monoisotopic (exact) mass is 413 g/mol. The molecule has 1 aromatic carbocycles. The summed E-state index contributed by atoms with van der Waals surface area (Å²) in [7, 11) is 0. The summed E-state index contributed by atoms with van der Waals surface area (Å²) in [6.07, 6.45) is 1.92. The highest BCUT2D eigenvalue weighted by Crippen LogP contribution is 2.22. The minimum atomic E-state index is 0.137. The zero-order valence-corrected chi connectivity index (χ0v) is 17.7. The zero-order valence-electron chi connectivity index (χ0n) is 16.2. The number of aryl methyl sites for hydroxylation is 1. The number of hydrogen-bond donors (Lipinski definition) is 0. The average Bonchev–Trinajstić information content (AvgIpc) is 2.87. The lowest BCUT2D eigenvalue weighted by Crippen LogP contribution is -2.42. The van der Waals surface area contributed by atoms with Gasteiger partial charge in [-0.2, -0.15) is 0 Å². The van der Waals surface area contributed by atoms with Gasteiger partial charge >= 0.3 is 0 Å². The molecule has 5 nitrogen and oxygen atoms in total. The van der Waals surface area contributed by atoms with E-state index in [0.717, 1.165) is 44.7 Å². The van der Waals surface area contributed by atoms with Gasteiger partial charge in [0, 0.05) is 55.7 Å². The van der Waals surface area contributed by atoms with Crippen LogP contribution in [0.15, 0.2) is 18.2 Å². The maximum absolute atomic E-state index is 12.6. The molecule has 0 unspecified atom stereocenters. The van der Waals surface area contributed by atoms with Crippen molar-refractivity contribution in [2.24, 2.45) is 0 Å². The molecule has 0 aromatic heterocycles. The molecule has 1 fully saturated rings. The summed E-state index contributed by atoms with van der Waals surface area (Å²) in [5, 5.41) is 1.20. The Morgan fingerprint density at radius 2 is 1.81 bits per heavy atom. The number of amides is 2. The molecule has 7 heteroatoms. The largest absolute Gasteiger partial charge is 0.342 e. The van der Waals surface area contributed by atoms with Gasteiger partial charge in [0.05, 0.1) is 6.54 Å². The summed E-state index contributed by atoms with van der Waals surface area (Å²) in [6.45, 7) is 8.89. The van der Waals surface area contributed by atoms with Crippen LogP contribution >= 0.6 is 23.2 Å². The molecule has 0 bridgehead atoms. The van der Waals surface area contributed by atoms with E-state index in [1.807, 2.05) is 29.7 Å². The maximum atomic E-state index is 12.6. The van der Waals surface area contributed by atoms with E-state index in [2.05, 4.69) is 4.90 Å². The van der Waals surface area contributed by atoms with Gasteiger partial charge in [-0.3, -0.25) is 14.5 Å². The van der Waals surface area contributed by atoms with E-state index in [-0.39, 0.29) is 11.8 Å². The van der Waals surface area contributed by atoms with Crippen molar-refractivity contribution in [2.45, 2.75) is 33.1 Å². The van der Waals surface area contributed by atoms with Crippen LogP contribution in [0.5, 0.6) is 0 Å². The lowest BCUT2D eigenvalue weighted by atomic mass is 10.1. The van der Waals surface area contributed by atoms with E-state index in [1.54, 1.807) is 12.1 Å². The van der Waals surface area contributed by atoms with Gasteiger partial charge in [-0.05, 0) is 44.4 Å². The predicted octanol–water partition coefficient (Wildman–Crippen LogP) is 3.33. The maximum Gasteiger partial charge on any atom is 0.236 e. The zero-order chi connectivity index (χ0) is 19.8. The Morgan fingerprint density at radius 1 is 1.07 bits per heavy atom. The molecule has 0 atom stereocenters. The van der Waals surface area contributed by atoms with E-state index in [1.165, 1.54) is 0 Å². The van der Waals surface area contributed by atoms with Crippen molar-refractivity contribution in [3.05, 3.63) is 33.8 Å². The third-order valence-corrected chi connectivity index (χ3v) is 5.63. The Labute approximate surface area is 172 Å². The first-order chi connectivity index (χ1) is 12.9. The molecular formula is C20H29Cl2N3O2. The molecule has 0 radical (unpaired) electrons. The number of benzene rings is 1. The van der Waals surface area contributed by atoms with Crippen molar-refractivity contribution in [2.75, 3.05) is 45.8 Å². The van der Waals surface area contributed by atoms with Gasteiger partial charge in [-0.1, -0.05) is 29.3 Å². The van der Waals surface area contributed by atoms with E-state index >= 15 is 0 Å². The Kier molecular flexibility index (Phi) is 8.87. The number of carbonyl (C=O) groups is 2. The minimum Gasteiger partial charge on any atom is -0.342 e. The molecule has 2 amide bonds. The Morgan fingerprint density at radius 3 is 2.48 bits per heavy atom. The Hall–Kier alpha value is -1.30. The fourth-order valence-electron chi connectivity index (χ4n) is 3.37. The smallest absolute Gasteiger partial charge is 0.236 e. The highest BCUT2D eigenvalue weighted by molar-refractivity contribution is 6.35. The molecule has 27 heavy (non-hydrogen) atoms. The molecule has 1 aliphatic heterocycles. The molecule has 150 valence electrons. The normalized spacial score (nSPS) is 15.5. The van der Waals surface area contributed by atoms with E-state index < -0.39 is 0 Å². The number of likely N-dealkylation sites (N-methyl/N-ethyl adjacent to an activating group) is 1. The van der Waals surface area contributed by atoms with E-state index in [0.29, 0.717) is 36.0 Å². The summed E-state index contributed by atoms with van der Waals surface area (Å²) in [6, 6.07) is 5.38. The van der Waals surface area contributed by atoms with Gasteiger partial charge in [0.2, 0.25) is 11.8 Å². The fraction of sp³-hybridized carbons (Fsp3) is 0.600. The van der Waals surface area contributed by atoms with Gasteiger partial charge in [0.15, 0.2) is 0 Å². The molecule has 0 spiro atoms. The highest BCUT2D eigenvalue weighted by Gasteiger charge is 2.21. The molecule has 1 aliphatic rings. The van der Waals surface area contributed by atoms with E-state index in [4.69, 9.17) is 23.2 Å². The van der Waals surface area contributed by atoms with Crippen LogP contribution in [-0.4, -0.2) is 72.3 Å². The molecule has 0 N–H and O–H groups in total. The lowest BCUT2D eigenvalue weighted by molar-refractivity contribution is -0.132. The number of carbonyl (C=O) groups excluding carboxylic acids is 2. The van der Waals surface area contributed by atoms with Crippen molar-refractivity contribution in [3.8, 4) is 0 Å². The predicted molar refractivity (Wildman–Crippen MR) is 110 cm³/mol. The van der Waals surface area contributed by atoms with Crippen LogP contribution in [0, 0.1) is 0 Å². The quantitative estimate of drug-likeness (QED) is 0.688. The van der Waals surface area contributed by atoms with Crippen LogP contribution in [0.2, 0.25) is 10.0 Å². The van der Waals surface area contributed by atoms with Crippen LogP contribution in [0.1, 0.15) is 32.3 Å². The van der Waals surface area contributed by atoms with Gasteiger partial charge in [-0.15, -0.1) is 0 Å². The van der Waals surface area contributed by atoms with Crippen molar-refractivity contribution in [1.29, 1.82) is 0 Å². The SMILES string of the molecule is CCN(CC)C(=O)CN1CCCN(C(=O)CCc2ccc(Cl)cc2Cl)CC1. The van der Waals surface area contributed by atoms with Crippen molar-refractivity contribution < 1.29 is 9.59 Å². The van der Waals surface area contributed by atoms with Crippen LogP contribution in [0.3, 0.4) is 0 Å². The first-order valence-electron chi connectivity index (χ1n) is 9.66. The van der Waals surface area contributed by atoms with E-state index in [9.17, 15) is 9.59 Å². The summed E-state index contributed by atoms with van der Waals surface area (Å²) >= 11 is 12.1. The molecule has 0 saturated carbocycles. The second kappa shape index (κ2) is 10.9. The topological polar surface area (TPSA) is 43.9 Å². The first kappa shape index (κ1) is 22.0. The molecular weight excluding hydrogens is 385 g/mol. The Bertz CT molecular complexity index is 650. The third-order valence-electron chi connectivity index (χ3n) is 5.04. The summed E-state index contributed by atoms with van der Waals surface area (Å²) in [5.74, 6) is 0.301. The fourth-order valence-corrected chi connectivity index (χ4v) is 3.87. The van der Waals surface area contributed by atoms with Crippen molar-refractivity contribution >= 4 is 35.0 Å². The third kappa shape index (κ3) is 6.66. The molecule has 0 aliphatic carbocycles. The van der Waals surface area contributed by atoms with Crippen LogP contribution in [-0.2, 0) is 16.0 Å². The van der Waals surface area contributed by atoms with Gasteiger partial charge in [0.25, 0.3) is 0 Å². The molecule has 1 heterocycles. The first-order valence-corrected chi connectivity index (χ1v) is 10.4. The summed E-state index contributed by atoms with van der Waals surface area (Å²) in [4.78, 5) is 30.8. The minimum absolute atomic E-state index is 0.137. The Balaban J connectivity index is 1.82. The molecule has 1 saturated heterocycles. The second-order valence-electron chi connectivity index (χ2n) is 6.81.